The second-order valence-corrected chi connectivity index (χ2v) is 3.43. The Labute approximate surface area is 89.9 Å². The van der Waals surface area contributed by atoms with Crippen LogP contribution in [0, 0.1) is 6.92 Å². The molecule has 4 nitrogen and oxygen atoms in total. The highest BCUT2D eigenvalue weighted by Gasteiger charge is 1.99. The van der Waals surface area contributed by atoms with Crippen molar-refractivity contribution in [3.8, 4) is 0 Å². The highest BCUT2D eigenvalue weighted by Crippen LogP contribution is 2.19. The van der Waals surface area contributed by atoms with Crippen molar-refractivity contribution in [2.75, 3.05) is 24.1 Å². The van der Waals surface area contributed by atoms with E-state index in [9.17, 15) is 4.79 Å². The second kappa shape index (κ2) is 5.24. The normalized spacial score (nSPS) is 9.73. The van der Waals surface area contributed by atoms with Crippen LogP contribution < -0.4 is 16.4 Å². The number of nitrogen functional groups attached to an aromatic ring is 1. The minimum Gasteiger partial charge on any atom is -0.398 e. The minimum absolute atomic E-state index is 0.0129. The van der Waals surface area contributed by atoms with E-state index in [2.05, 4.69) is 10.6 Å². The second-order valence-electron chi connectivity index (χ2n) is 3.43. The summed E-state index contributed by atoms with van der Waals surface area (Å²) < 4.78 is 0. The van der Waals surface area contributed by atoms with Crippen LogP contribution in [-0.2, 0) is 4.79 Å². The van der Waals surface area contributed by atoms with Crippen molar-refractivity contribution >= 4 is 17.3 Å². The molecule has 4 N–H and O–H groups in total. The molecule has 15 heavy (non-hydrogen) atoms. The van der Waals surface area contributed by atoms with Crippen LogP contribution in [0.3, 0.4) is 0 Å². The van der Waals surface area contributed by atoms with Gasteiger partial charge in [-0.2, -0.15) is 0 Å². The Morgan fingerprint density at radius 2 is 2.13 bits per heavy atom. The van der Waals surface area contributed by atoms with Crippen LogP contribution in [0.25, 0.3) is 0 Å². The van der Waals surface area contributed by atoms with Gasteiger partial charge < -0.3 is 16.4 Å². The zero-order valence-corrected chi connectivity index (χ0v) is 9.13. The molecule has 0 fully saturated rings. The van der Waals surface area contributed by atoms with Gasteiger partial charge in [0, 0.05) is 31.4 Å². The zero-order valence-electron chi connectivity index (χ0n) is 9.13. The van der Waals surface area contributed by atoms with Crippen LogP contribution in [0.15, 0.2) is 18.2 Å². The fourth-order valence-corrected chi connectivity index (χ4v) is 1.28. The number of rotatable bonds is 4. The highest BCUT2D eigenvalue weighted by atomic mass is 16.1. The van der Waals surface area contributed by atoms with Gasteiger partial charge in [-0.15, -0.1) is 0 Å². The largest absolute Gasteiger partial charge is 0.398 e. The molecule has 4 heteroatoms. The summed E-state index contributed by atoms with van der Waals surface area (Å²) in [6.45, 7) is 4.79. The molecular formula is C11H17N3O. The minimum atomic E-state index is -0.0129. The van der Waals surface area contributed by atoms with Crippen molar-refractivity contribution in [3.63, 3.8) is 0 Å². The van der Waals surface area contributed by atoms with Gasteiger partial charge in [0.15, 0.2) is 0 Å². The summed E-state index contributed by atoms with van der Waals surface area (Å²) in [6, 6.07) is 5.75. The fourth-order valence-electron chi connectivity index (χ4n) is 1.28. The van der Waals surface area contributed by atoms with Crippen LogP contribution in [0.2, 0.25) is 0 Å². The third kappa shape index (κ3) is 3.50. The van der Waals surface area contributed by atoms with Crippen LogP contribution in [-0.4, -0.2) is 19.0 Å². The summed E-state index contributed by atoms with van der Waals surface area (Å²) in [4.78, 5) is 10.6. The summed E-state index contributed by atoms with van der Waals surface area (Å²) in [7, 11) is 0. The smallest absolute Gasteiger partial charge is 0.216 e. The first-order chi connectivity index (χ1) is 7.11. The average molecular weight is 207 g/mol. The van der Waals surface area contributed by atoms with Crippen LogP contribution >= 0.6 is 0 Å². The number of nitrogens with two attached hydrogens (primary N) is 1. The van der Waals surface area contributed by atoms with Gasteiger partial charge in [0.25, 0.3) is 0 Å². The molecule has 0 aliphatic heterocycles. The third-order valence-electron chi connectivity index (χ3n) is 2.19. The third-order valence-corrected chi connectivity index (χ3v) is 2.19. The molecule has 0 aliphatic rings. The number of anilines is 2. The number of benzene rings is 1. The van der Waals surface area contributed by atoms with Gasteiger partial charge in [0.1, 0.15) is 0 Å². The molecule has 0 saturated carbocycles. The Morgan fingerprint density at radius 3 is 2.80 bits per heavy atom. The van der Waals surface area contributed by atoms with E-state index in [0.717, 1.165) is 16.9 Å². The quantitative estimate of drug-likeness (QED) is 0.512. The predicted molar refractivity (Wildman–Crippen MR) is 62.8 cm³/mol. The number of amides is 1. The fraction of sp³-hybridized carbons (Fsp3) is 0.364. The van der Waals surface area contributed by atoms with Gasteiger partial charge in [-0.1, -0.05) is 6.07 Å². The standard InChI is InChI=1S/C11H17N3O/c1-8-10(12)4-3-5-11(8)14-7-6-13-9(2)15/h3-5,14H,6-7,12H2,1-2H3,(H,13,15). The molecule has 0 bridgehead atoms. The summed E-state index contributed by atoms with van der Waals surface area (Å²) in [5.41, 5.74) is 8.60. The van der Waals surface area contributed by atoms with E-state index in [1.165, 1.54) is 6.92 Å². The van der Waals surface area contributed by atoms with Crippen LogP contribution in [0.1, 0.15) is 12.5 Å². The lowest BCUT2D eigenvalue weighted by Gasteiger charge is -2.11. The molecule has 0 radical (unpaired) electrons. The maximum atomic E-state index is 10.6. The molecule has 0 spiro atoms. The molecule has 1 aromatic rings. The van der Waals surface area contributed by atoms with Crippen molar-refractivity contribution < 1.29 is 4.79 Å². The van der Waals surface area contributed by atoms with Gasteiger partial charge in [0.2, 0.25) is 5.91 Å². The maximum Gasteiger partial charge on any atom is 0.216 e. The lowest BCUT2D eigenvalue weighted by atomic mass is 10.1. The molecule has 82 valence electrons. The summed E-state index contributed by atoms with van der Waals surface area (Å²) >= 11 is 0. The van der Waals surface area contributed by atoms with Crippen LogP contribution in [0.5, 0.6) is 0 Å². The molecule has 1 aromatic carbocycles. The molecule has 0 aliphatic carbocycles. The first-order valence-corrected chi connectivity index (χ1v) is 4.94. The van der Waals surface area contributed by atoms with Crippen LogP contribution in [0.4, 0.5) is 11.4 Å². The monoisotopic (exact) mass is 207 g/mol. The van der Waals surface area contributed by atoms with Gasteiger partial charge in [-0.05, 0) is 24.6 Å². The van der Waals surface area contributed by atoms with E-state index < -0.39 is 0 Å². The van der Waals surface area contributed by atoms with Crippen molar-refractivity contribution in [2.24, 2.45) is 0 Å². The summed E-state index contributed by atoms with van der Waals surface area (Å²) in [5, 5.41) is 5.93. The Kier molecular flexibility index (Phi) is 3.97. The topological polar surface area (TPSA) is 67.2 Å². The van der Waals surface area contributed by atoms with E-state index in [-0.39, 0.29) is 5.91 Å². The van der Waals surface area contributed by atoms with Crippen molar-refractivity contribution in [1.29, 1.82) is 0 Å². The average Bonchev–Trinajstić information content (AvgIpc) is 2.18. The van der Waals surface area contributed by atoms with E-state index in [4.69, 9.17) is 5.73 Å². The Bertz CT molecular complexity index is 350. The molecule has 0 aromatic heterocycles. The Hall–Kier alpha value is -1.71. The lowest BCUT2D eigenvalue weighted by molar-refractivity contribution is -0.118. The Morgan fingerprint density at radius 1 is 1.40 bits per heavy atom. The number of nitrogens with one attached hydrogen (secondary N) is 2. The van der Waals surface area contributed by atoms with E-state index in [1.807, 2.05) is 25.1 Å². The molecule has 1 amide bonds. The summed E-state index contributed by atoms with van der Waals surface area (Å²) in [5.74, 6) is -0.0129. The van der Waals surface area contributed by atoms with Crippen molar-refractivity contribution in [1.82, 2.24) is 5.32 Å². The van der Waals surface area contributed by atoms with Crippen molar-refractivity contribution in [2.45, 2.75) is 13.8 Å². The molecule has 0 unspecified atom stereocenters. The van der Waals surface area contributed by atoms with Crippen molar-refractivity contribution in [3.05, 3.63) is 23.8 Å². The predicted octanol–water partition coefficient (Wildman–Crippen LogP) is 1.13. The van der Waals surface area contributed by atoms with E-state index in [0.29, 0.717) is 13.1 Å². The summed E-state index contributed by atoms with van der Waals surface area (Å²) in [6.07, 6.45) is 0. The van der Waals surface area contributed by atoms with E-state index in [1.54, 1.807) is 0 Å². The SMILES string of the molecule is CC(=O)NCCNc1cccc(N)c1C. The molecule has 1 rings (SSSR count). The van der Waals surface area contributed by atoms with E-state index >= 15 is 0 Å². The molecule has 0 saturated heterocycles. The Balaban J connectivity index is 2.44. The van der Waals surface area contributed by atoms with Gasteiger partial charge in [-0.3, -0.25) is 4.79 Å². The molecular weight excluding hydrogens is 190 g/mol. The number of carbonyl (C=O) groups is 1. The lowest BCUT2D eigenvalue weighted by Crippen LogP contribution is -2.26. The highest BCUT2D eigenvalue weighted by molar-refractivity contribution is 5.72. The number of hydrogen-bond acceptors (Lipinski definition) is 3. The van der Waals surface area contributed by atoms with Gasteiger partial charge >= 0.3 is 0 Å². The first-order valence-electron chi connectivity index (χ1n) is 4.94. The maximum absolute atomic E-state index is 10.6. The number of hydrogen-bond donors (Lipinski definition) is 3. The first kappa shape index (κ1) is 11.4. The zero-order chi connectivity index (χ0) is 11.3. The van der Waals surface area contributed by atoms with Gasteiger partial charge in [0.05, 0.1) is 0 Å². The number of carbonyl (C=O) groups excluding carboxylic acids is 1. The van der Waals surface area contributed by atoms with Gasteiger partial charge in [-0.25, -0.2) is 0 Å². The molecule has 0 atom stereocenters. The molecule has 0 heterocycles.